The summed E-state index contributed by atoms with van der Waals surface area (Å²) in [6, 6.07) is 8.57. The van der Waals surface area contributed by atoms with Gasteiger partial charge in [-0.25, -0.2) is 0 Å². The molecule has 1 aliphatic rings. The van der Waals surface area contributed by atoms with Gasteiger partial charge in [0.25, 0.3) is 0 Å². The van der Waals surface area contributed by atoms with Crippen molar-refractivity contribution >= 4 is 11.6 Å². The molecule has 1 heterocycles. The molecule has 2 atom stereocenters. The Labute approximate surface area is 127 Å². The van der Waals surface area contributed by atoms with Crippen LogP contribution < -0.4 is 16.0 Å². The van der Waals surface area contributed by atoms with Gasteiger partial charge in [-0.15, -0.1) is 0 Å². The minimum Gasteiger partial charge on any atom is -0.368 e. The summed E-state index contributed by atoms with van der Waals surface area (Å²) in [5, 5.41) is 3.63. The second kappa shape index (κ2) is 7.46. The van der Waals surface area contributed by atoms with Crippen LogP contribution in [-0.4, -0.2) is 25.0 Å². The topological polar surface area (TPSA) is 58.4 Å². The Morgan fingerprint density at radius 2 is 2.19 bits per heavy atom. The number of hydrogen-bond acceptors (Lipinski definition) is 3. The number of hydrogen-bond donors (Lipinski definition) is 2. The van der Waals surface area contributed by atoms with Crippen LogP contribution in [0.1, 0.15) is 51.1 Å². The van der Waals surface area contributed by atoms with Crippen molar-refractivity contribution in [3.63, 3.8) is 0 Å². The van der Waals surface area contributed by atoms with E-state index in [4.69, 9.17) is 5.73 Å². The van der Waals surface area contributed by atoms with Gasteiger partial charge in [-0.2, -0.15) is 0 Å². The molecular formula is C17H27N3O. The molecule has 0 spiro atoms. The molecule has 3 N–H and O–H groups in total. The van der Waals surface area contributed by atoms with Gasteiger partial charge in [0.05, 0.1) is 0 Å². The van der Waals surface area contributed by atoms with Gasteiger partial charge in [0.15, 0.2) is 0 Å². The molecule has 0 bridgehead atoms. The van der Waals surface area contributed by atoms with Crippen molar-refractivity contribution in [2.75, 3.05) is 18.0 Å². The van der Waals surface area contributed by atoms with Gasteiger partial charge < -0.3 is 16.0 Å². The van der Waals surface area contributed by atoms with Crippen molar-refractivity contribution in [2.24, 2.45) is 5.73 Å². The van der Waals surface area contributed by atoms with Crippen molar-refractivity contribution in [1.82, 2.24) is 5.32 Å². The van der Waals surface area contributed by atoms with E-state index in [0.29, 0.717) is 6.04 Å². The number of carbonyl (C=O) groups is 1. The van der Waals surface area contributed by atoms with Crippen molar-refractivity contribution in [3.05, 3.63) is 29.8 Å². The number of carbonyl (C=O) groups excluding carboxylic acids is 1. The quantitative estimate of drug-likeness (QED) is 0.846. The van der Waals surface area contributed by atoms with Gasteiger partial charge in [-0.05, 0) is 43.9 Å². The van der Waals surface area contributed by atoms with Crippen molar-refractivity contribution in [2.45, 2.75) is 51.6 Å². The molecule has 2 unspecified atom stereocenters. The van der Waals surface area contributed by atoms with Gasteiger partial charge in [0, 0.05) is 18.3 Å². The van der Waals surface area contributed by atoms with Gasteiger partial charge in [-0.1, -0.05) is 32.0 Å². The third-order valence-electron chi connectivity index (χ3n) is 4.25. The Bertz CT molecular complexity index is 475. The first-order chi connectivity index (χ1) is 10.2. The molecule has 1 aromatic carbocycles. The van der Waals surface area contributed by atoms with E-state index in [1.807, 2.05) is 13.0 Å². The molecule has 4 nitrogen and oxygen atoms in total. The van der Waals surface area contributed by atoms with Crippen LogP contribution in [0.2, 0.25) is 0 Å². The van der Waals surface area contributed by atoms with Crippen molar-refractivity contribution < 1.29 is 4.79 Å². The van der Waals surface area contributed by atoms with E-state index in [0.717, 1.165) is 44.5 Å². The normalized spacial score (nSPS) is 19.7. The summed E-state index contributed by atoms with van der Waals surface area (Å²) < 4.78 is 0. The van der Waals surface area contributed by atoms with Gasteiger partial charge in [0.1, 0.15) is 6.04 Å². The highest BCUT2D eigenvalue weighted by molar-refractivity contribution is 5.84. The summed E-state index contributed by atoms with van der Waals surface area (Å²) in [5.41, 5.74) is 8.06. The molecule has 1 aromatic rings. The molecule has 0 aliphatic carbocycles. The summed E-state index contributed by atoms with van der Waals surface area (Å²) >= 11 is 0. The largest absolute Gasteiger partial charge is 0.368 e. The maximum Gasteiger partial charge on any atom is 0.240 e. The van der Waals surface area contributed by atoms with E-state index in [1.165, 1.54) is 5.56 Å². The number of nitrogens with zero attached hydrogens (tertiary/aromatic N) is 1. The Morgan fingerprint density at radius 1 is 1.43 bits per heavy atom. The second-order valence-corrected chi connectivity index (χ2v) is 5.73. The number of amides is 1. The lowest BCUT2D eigenvalue weighted by Gasteiger charge is -2.31. The fourth-order valence-electron chi connectivity index (χ4n) is 3.21. The molecule has 0 fully saturated rings. The average molecular weight is 289 g/mol. The Balaban J connectivity index is 2.34. The number of benzene rings is 1. The fraction of sp³-hybridized carbons (Fsp3) is 0.588. The lowest BCUT2D eigenvalue weighted by molar-refractivity contribution is -0.119. The Morgan fingerprint density at radius 3 is 2.86 bits per heavy atom. The monoisotopic (exact) mass is 289 g/mol. The second-order valence-electron chi connectivity index (χ2n) is 5.73. The van der Waals surface area contributed by atoms with Crippen LogP contribution in [0.25, 0.3) is 0 Å². The van der Waals surface area contributed by atoms with Crippen LogP contribution >= 0.6 is 0 Å². The SMILES string of the molecule is CCCNC1CCCN(C(CC)C(N)=O)c2ccccc21. The highest BCUT2D eigenvalue weighted by atomic mass is 16.1. The zero-order chi connectivity index (χ0) is 15.2. The van der Waals surface area contributed by atoms with Crippen LogP contribution in [0.4, 0.5) is 5.69 Å². The summed E-state index contributed by atoms with van der Waals surface area (Å²) in [4.78, 5) is 14.0. The van der Waals surface area contributed by atoms with Crippen LogP contribution in [-0.2, 0) is 4.79 Å². The number of nitrogens with one attached hydrogen (secondary N) is 1. The lowest BCUT2D eigenvalue weighted by atomic mass is 10.0. The molecule has 4 heteroatoms. The third-order valence-corrected chi connectivity index (χ3v) is 4.25. The third kappa shape index (κ3) is 3.56. The van der Waals surface area contributed by atoms with Gasteiger partial charge in [0.2, 0.25) is 5.91 Å². The molecule has 2 rings (SSSR count). The van der Waals surface area contributed by atoms with E-state index >= 15 is 0 Å². The molecule has 1 aliphatic heterocycles. The maximum absolute atomic E-state index is 11.8. The maximum atomic E-state index is 11.8. The molecular weight excluding hydrogens is 262 g/mol. The smallest absolute Gasteiger partial charge is 0.240 e. The Hall–Kier alpha value is -1.55. The molecule has 0 saturated heterocycles. The highest BCUT2D eigenvalue weighted by Gasteiger charge is 2.28. The number of anilines is 1. The van der Waals surface area contributed by atoms with Crippen LogP contribution in [0.15, 0.2) is 24.3 Å². The predicted octanol–water partition coefficient (Wildman–Crippen LogP) is 2.59. The van der Waals surface area contributed by atoms with Gasteiger partial charge in [-0.3, -0.25) is 4.79 Å². The van der Waals surface area contributed by atoms with Crippen LogP contribution in [0, 0.1) is 0 Å². The highest BCUT2D eigenvalue weighted by Crippen LogP contribution is 2.34. The number of fused-ring (bicyclic) bond motifs is 1. The number of primary amides is 1. The van der Waals surface area contributed by atoms with Crippen LogP contribution in [0.5, 0.6) is 0 Å². The van der Waals surface area contributed by atoms with E-state index in [1.54, 1.807) is 0 Å². The summed E-state index contributed by atoms with van der Waals surface area (Å²) in [6.45, 7) is 6.12. The van der Waals surface area contributed by atoms with E-state index in [2.05, 4.69) is 35.3 Å². The van der Waals surface area contributed by atoms with Gasteiger partial charge >= 0.3 is 0 Å². The number of para-hydroxylation sites is 1. The first-order valence-corrected chi connectivity index (χ1v) is 8.07. The summed E-state index contributed by atoms with van der Waals surface area (Å²) in [5.74, 6) is -0.229. The predicted molar refractivity (Wildman–Crippen MR) is 87.3 cm³/mol. The fourth-order valence-corrected chi connectivity index (χ4v) is 3.21. The van der Waals surface area contributed by atoms with Crippen molar-refractivity contribution in [3.8, 4) is 0 Å². The van der Waals surface area contributed by atoms with E-state index < -0.39 is 0 Å². The molecule has 0 aromatic heterocycles. The number of nitrogens with two attached hydrogens (primary N) is 1. The van der Waals surface area contributed by atoms with Crippen molar-refractivity contribution in [1.29, 1.82) is 0 Å². The minimum atomic E-state index is -0.229. The molecule has 116 valence electrons. The Kier molecular flexibility index (Phi) is 5.62. The minimum absolute atomic E-state index is 0.212. The standard InChI is InChI=1S/C17H27N3O/c1-3-11-19-14-9-7-12-20(15(4-2)17(18)21)16-10-6-5-8-13(14)16/h5-6,8,10,14-15,19H,3-4,7,9,11-12H2,1-2H3,(H2,18,21). The molecule has 0 saturated carbocycles. The zero-order valence-electron chi connectivity index (χ0n) is 13.1. The first-order valence-electron chi connectivity index (χ1n) is 8.07. The molecule has 0 radical (unpaired) electrons. The van der Waals surface area contributed by atoms with E-state index in [-0.39, 0.29) is 11.9 Å². The summed E-state index contributed by atoms with van der Waals surface area (Å²) in [6.07, 6.45) is 4.04. The summed E-state index contributed by atoms with van der Waals surface area (Å²) in [7, 11) is 0. The average Bonchev–Trinajstić information content (AvgIpc) is 2.66. The van der Waals surface area contributed by atoms with Crippen LogP contribution in [0.3, 0.4) is 0 Å². The molecule has 1 amide bonds. The lowest BCUT2D eigenvalue weighted by Crippen LogP contribution is -2.45. The zero-order valence-corrected chi connectivity index (χ0v) is 13.1. The van der Waals surface area contributed by atoms with E-state index in [9.17, 15) is 4.79 Å². The number of rotatable bonds is 6. The first kappa shape index (κ1) is 15.8. The molecule has 21 heavy (non-hydrogen) atoms.